The van der Waals surface area contributed by atoms with Crippen LogP contribution in [0.15, 0.2) is 12.3 Å². The molecule has 110 valence electrons. The van der Waals surface area contributed by atoms with Gasteiger partial charge in [-0.2, -0.15) is 5.10 Å². The molecule has 1 N–H and O–H groups in total. The molecule has 0 aliphatic carbocycles. The Bertz CT molecular complexity index is 481. The van der Waals surface area contributed by atoms with Gasteiger partial charge in [0.15, 0.2) is 0 Å². The Morgan fingerprint density at radius 1 is 1.45 bits per heavy atom. The molecule has 3 heterocycles. The molecule has 0 bridgehead atoms. The van der Waals surface area contributed by atoms with Gasteiger partial charge >= 0.3 is 0 Å². The molecule has 20 heavy (non-hydrogen) atoms. The molecule has 0 spiro atoms. The molecule has 2 aliphatic rings. The number of nitrogens with one attached hydrogen (secondary N) is 1. The molecule has 2 aliphatic heterocycles. The number of halogens is 1. The first-order valence-corrected chi connectivity index (χ1v) is 7.29. The molecule has 2 saturated heterocycles. The average molecular weight is 280 g/mol. The summed E-state index contributed by atoms with van der Waals surface area (Å²) in [5.41, 5.74) is 1.24. The molecule has 3 rings (SSSR count). The standard InChI is InChI=1S/C14H21FN4O/c1-18-13(2-5-17-18)10-3-6-19(7-4-10)14(20)12-8-11(15)9-16-12/h2,5,10-12,16H,3-4,6-9H2,1H3/t11-,12+/m0/s1. The zero-order valence-corrected chi connectivity index (χ0v) is 11.8. The summed E-state index contributed by atoms with van der Waals surface area (Å²) in [4.78, 5) is 14.2. The van der Waals surface area contributed by atoms with Crippen LogP contribution in [-0.4, -0.2) is 52.4 Å². The van der Waals surface area contributed by atoms with Crippen molar-refractivity contribution in [2.45, 2.75) is 37.4 Å². The van der Waals surface area contributed by atoms with Crippen molar-refractivity contribution in [1.82, 2.24) is 20.0 Å². The van der Waals surface area contributed by atoms with E-state index in [1.54, 1.807) is 0 Å². The van der Waals surface area contributed by atoms with Crippen molar-refractivity contribution < 1.29 is 9.18 Å². The van der Waals surface area contributed by atoms with E-state index in [-0.39, 0.29) is 11.9 Å². The average Bonchev–Trinajstić information content (AvgIpc) is 3.07. The van der Waals surface area contributed by atoms with Gasteiger partial charge in [0, 0.05) is 50.9 Å². The predicted octanol–water partition coefficient (Wildman–Crippen LogP) is 0.826. The number of hydrogen-bond donors (Lipinski definition) is 1. The number of nitrogens with zero attached hydrogens (tertiary/aromatic N) is 3. The van der Waals surface area contributed by atoms with Crippen LogP contribution < -0.4 is 5.32 Å². The molecule has 0 unspecified atom stereocenters. The van der Waals surface area contributed by atoms with Gasteiger partial charge in [0.1, 0.15) is 6.17 Å². The molecule has 0 aromatic carbocycles. The maximum atomic E-state index is 13.2. The van der Waals surface area contributed by atoms with E-state index in [2.05, 4.69) is 10.4 Å². The number of hydrogen-bond acceptors (Lipinski definition) is 3. The third-order valence-corrected chi connectivity index (χ3v) is 4.46. The number of aryl methyl sites for hydroxylation is 1. The molecule has 1 aromatic rings. The first-order chi connectivity index (χ1) is 9.65. The first-order valence-electron chi connectivity index (χ1n) is 7.29. The van der Waals surface area contributed by atoms with Gasteiger partial charge < -0.3 is 10.2 Å². The van der Waals surface area contributed by atoms with Crippen molar-refractivity contribution in [2.24, 2.45) is 7.05 Å². The minimum absolute atomic E-state index is 0.0635. The van der Waals surface area contributed by atoms with Crippen LogP contribution in [0.1, 0.15) is 30.9 Å². The lowest BCUT2D eigenvalue weighted by atomic mass is 9.93. The molecule has 1 aromatic heterocycles. The highest BCUT2D eigenvalue weighted by Gasteiger charge is 2.34. The molecule has 2 fully saturated rings. The van der Waals surface area contributed by atoms with Gasteiger partial charge in [0.2, 0.25) is 5.91 Å². The van der Waals surface area contributed by atoms with Gasteiger partial charge in [0.25, 0.3) is 0 Å². The van der Waals surface area contributed by atoms with Gasteiger partial charge in [-0.05, 0) is 18.9 Å². The number of alkyl halides is 1. The van der Waals surface area contributed by atoms with Crippen LogP contribution in [0.2, 0.25) is 0 Å². The quantitative estimate of drug-likeness (QED) is 0.873. The summed E-state index contributed by atoms with van der Waals surface area (Å²) in [6, 6.07) is 1.73. The fourth-order valence-electron chi connectivity index (χ4n) is 3.28. The Hall–Kier alpha value is -1.43. The highest BCUT2D eigenvalue weighted by molar-refractivity contribution is 5.82. The maximum Gasteiger partial charge on any atom is 0.239 e. The van der Waals surface area contributed by atoms with E-state index in [1.807, 2.05) is 28.9 Å². The highest BCUT2D eigenvalue weighted by atomic mass is 19.1. The number of carbonyl (C=O) groups is 1. The molecule has 5 nitrogen and oxygen atoms in total. The molecule has 0 saturated carbocycles. The largest absolute Gasteiger partial charge is 0.341 e. The van der Waals surface area contributed by atoms with Gasteiger partial charge in [-0.25, -0.2) is 4.39 Å². The summed E-state index contributed by atoms with van der Waals surface area (Å²) < 4.78 is 15.1. The van der Waals surface area contributed by atoms with Crippen LogP contribution in [-0.2, 0) is 11.8 Å². The fourth-order valence-corrected chi connectivity index (χ4v) is 3.28. The second-order valence-corrected chi connectivity index (χ2v) is 5.77. The second kappa shape index (κ2) is 5.52. The van der Waals surface area contributed by atoms with Crippen molar-refractivity contribution in [3.05, 3.63) is 18.0 Å². The predicted molar refractivity (Wildman–Crippen MR) is 73.1 cm³/mol. The van der Waals surface area contributed by atoms with E-state index in [0.29, 0.717) is 18.9 Å². The van der Waals surface area contributed by atoms with Crippen LogP contribution in [0, 0.1) is 0 Å². The first kappa shape index (κ1) is 13.5. The van der Waals surface area contributed by atoms with Gasteiger partial charge in [-0.1, -0.05) is 0 Å². The van der Waals surface area contributed by atoms with E-state index < -0.39 is 6.17 Å². The van der Waals surface area contributed by atoms with Gasteiger partial charge in [-0.15, -0.1) is 0 Å². The minimum Gasteiger partial charge on any atom is -0.341 e. The molecule has 0 radical (unpaired) electrons. The number of amides is 1. The van der Waals surface area contributed by atoms with Crippen molar-refractivity contribution in [3.8, 4) is 0 Å². The fraction of sp³-hybridized carbons (Fsp3) is 0.714. The summed E-state index contributed by atoms with van der Waals surface area (Å²) in [5.74, 6) is 0.533. The minimum atomic E-state index is -0.879. The van der Waals surface area contributed by atoms with Crippen LogP contribution in [0.5, 0.6) is 0 Å². The number of aromatic nitrogens is 2. The summed E-state index contributed by atoms with van der Waals surface area (Å²) in [6.07, 6.45) is 3.17. The Kier molecular flexibility index (Phi) is 3.74. The van der Waals surface area contributed by atoms with E-state index in [0.717, 1.165) is 25.9 Å². The monoisotopic (exact) mass is 280 g/mol. The Labute approximate surface area is 118 Å². The summed E-state index contributed by atoms with van der Waals surface area (Å²) in [5, 5.41) is 7.17. The molecular weight excluding hydrogens is 259 g/mol. The molecule has 1 amide bonds. The lowest BCUT2D eigenvalue weighted by Crippen LogP contribution is -2.46. The smallest absolute Gasteiger partial charge is 0.239 e. The van der Waals surface area contributed by atoms with Crippen molar-refractivity contribution in [1.29, 1.82) is 0 Å². The van der Waals surface area contributed by atoms with Gasteiger partial charge in [-0.3, -0.25) is 9.48 Å². The number of piperidine rings is 1. The number of carbonyl (C=O) groups excluding carboxylic acids is 1. The van der Waals surface area contributed by atoms with E-state index in [4.69, 9.17) is 0 Å². The molecular formula is C14H21FN4O. The van der Waals surface area contributed by atoms with Crippen LogP contribution in [0.3, 0.4) is 0 Å². The zero-order valence-electron chi connectivity index (χ0n) is 11.8. The van der Waals surface area contributed by atoms with E-state index in [1.165, 1.54) is 5.69 Å². The van der Waals surface area contributed by atoms with Crippen molar-refractivity contribution in [3.63, 3.8) is 0 Å². The van der Waals surface area contributed by atoms with Gasteiger partial charge in [0.05, 0.1) is 6.04 Å². The SMILES string of the molecule is Cn1nccc1C1CCN(C(=O)[C@H]2C[C@H](F)CN2)CC1. The number of rotatable bonds is 2. The number of likely N-dealkylation sites (tertiary alicyclic amines) is 1. The Morgan fingerprint density at radius 3 is 2.75 bits per heavy atom. The third-order valence-electron chi connectivity index (χ3n) is 4.46. The van der Waals surface area contributed by atoms with Crippen LogP contribution >= 0.6 is 0 Å². The third kappa shape index (κ3) is 2.57. The van der Waals surface area contributed by atoms with Crippen LogP contribution in [0.4, 0.5) is 4.39 Å². The summed E-state index contributed by atoms with van der Waals surface area (Å²) >= 11 is 0. The van der Waals surface area contributed by atoms with Crippen LogP contribution in [0.25, 0.3) is 0 Å². The topological polar surface area (TPSA) is 50.2 Å². The normalized spacial score (nSPS) is 28.0. The molecule has 2 atom stereocenters. The maximum absolute atomic E-state index is 13.2. The zero-order chi connectivity index (χ0) is 14.1. The van der Waals surface area contributed by atoms with E-state index >= 15 is 0 Å². The summed E-state index contributed by atoms with van der Waals surface area (Å²) in [6.45, 7) is 1.81. The Morgan fingerprint density at radius 2 is 2.20 bits per heavy atom. The van der Waals surface area contributed by atoms with Crippen molar-refractivity contribution >= 4 is 5.91 Å². The van der Waals surface area contributed by atoms with Crippen molar-refractivity contribution in [2.75, 3.05) is 19.6 Å². The lowest BCUT2D eigenvalue weighted by Gasteiger charge is -2.33. The highest BCUT2D eigenvalue weighted by Crippen LogP contribution is 2.28. The van der Waals surface area contributed by atoms with E-state index in [9.17, 15) is 9.18 Å². The molecule has 6 heteroatoms. The summed E-state index contributed by atoms with van der Waals surface area (Å²) in [7, 11) is 1.96. The Balaban J connectivity index is 1.56. The lowest BCUT2D eigenvalue weighted by molar-refractivity contribution is -0.134. The second-order valence-electron chi connectivity index (χ2n) is 5.77.